The normalized spacial score (nSPS) is 16.1. The van der Waals surface area contributed by atoms with E-state index >= 15 is 0 Å². The van der Waals surface area contributed by atoms with Crippen molar-refractivity contribution in [2.45, 2.75) is 12.8 Å². The van der Waals surface area contributed by atoms with Gasteiger partial charge >= 0.3 is 0 Å². The Labute approximate surface area is 185 Å². The van der Waals surface area contributed by atoms with Gasteiger partial charge in [0.25, 0.3) is 0 Å². The number of anilines is 1. The zero-order chi connectivity index (χ0) is 22.1. The maximum absolute atomic E-state index is 13.0. The molecule has 6 nitrogen and oxygen atoms in total. The molecule has 1 aromatic heterocycles. The predicted octanol–water partition coefficient (Wildman–Crippen LogP) is 4.62. The maximum Gasteiger partial charge on any atom is 0.229 e. The molecule has 0 saturated carbocycles. The van der Waals surface area contributed by atoms with E-state index in [-0.39, 0.29) is 18.2 Å². The van der Waals surface area contributed by atoms with Crippen LogP contribution in [-0.4, -0.2) is 36.9 Å². The molecule has 2 heterocycles. The van der Waals surface area contributed by atoms with Gasteiger partial charge in [-0.3, -0.25) is 9.59 Å². The van der Waals surface area contributed by atoms with Crippen LogP contribution >= 0.6 is 0 Å². The van der Waals surface area contributed by atoms with Crippen molar-refractivity contribution >= 4 is 39.4 Å². The Morgan fingerprint density at radius 2 is 1.84 bits per heavy atom. The monoisotopic (exact) mass is 428 g/mol. The van der Waals surface area contributed by atoms with Crippen LogP contribution in [0.2, 0.25) is 0 Å². The van der Waals surface area contributed by atoms with E-state index in [0.29, 0.717) is 30.1 Å². The molecule has 2 amide bonds. The quantitative estimate of drug-likeness (QED) is 0.486. The number of methoxy groups -OCH3 is 1. The molecule has 4 aromatic rings. The third kappa shape index (κ3) is 3.80. The van der Waals surface area contributed by atoms with Crippen LogP contribution in [0.15, 0.2) is 71.1 Å². The summed E-state index contributed by atoms with van der Waals surface area (Å²) >= 11 is 0. The number of carbonyl (C=O) groups is 2. The molecule has 1 atom stereocenters. The number of nitrogens with one attached hydrogen (secondary N) is 1. The van der Waals surface area contributed by atoms with E-state index in [4.69, 9.17) is 9.15 Å². The van der Waals surface area contributed by atoms with E-state index in [1.54, 1.807) is 18.1 Å². The highest BCUT2D eigenvalue weighted by molar-refractivity contribution is 6.08. The molecule has 5 rings (SSSR count). The third-order valence-corrected chi connectivity index (χ3v) is 6.06. The van der Waals surface area contributed by atoms with Gasteiger partial charge in [-0.1, -0.05) is 48.5 Å². The van der Waals surface area contributed by atoms with Crippen molar-refractivity contribution in [3.63, 3.8) is 0 Å². The van der Waals surface area contributed by atoms with E-state index in [1.807, 2.05) is 60.7 Å². The van der Waals surface area contributed by atoms with Gasteiger partial charge in [0.1, 0.15) is 16.9 Å². The minimum Gasteiger partial charge on any atom is -0.495 e. The first-order chi connectivity index (χ1) is 15.6. The number of furan rings is 1. The van der Waals surface area contributed by atoms with E-state index < -0.39 is 5.92 Å². The number of amides is 2. The first kappa shape index (κ1) is 20.1. The van der Waals surface area contributed by atoms with E-state index in [9.17, 15) is 9.59 Å². The lowest BCUT2D eigenvalue weighted by Gasteiger charge is -2.17. The standard InChI is InChI=1S/C26H24N2O4/c1-31-24-14-20-19-9-5-6-10-22(19)32-23(20)15-21(24)27-26(30)18-13-25(29)28(16-18)12-11-17-7-3-2-4-8-17/h2-10,14-15,18H,11-13,16H2,1H3,(H,27,30). The molecule has 1 unspecified atom stereocenters. The Morgan fingerprint density at radius 3 is 2.66 bits per heavy atom. The van der Waals surface area contributed by atoms with Crippen molar-refractivity contribution in [3.05, 3.63) is 72.3 Å². The number of carbonyl (C=O) groups excluding carboxylic acids is 2. The van der Waals surface area contributed by atoms with E-state index in [0.717, 1.165) is 22.8 Å². The molecule has 0 bridgehead atoms. The SMILES string of the molecule is COc1cc2c(cc1NC(=O)C1CC(=O)N(CCc3ccccc3)C1)oc1ccccc12. The van der Waals surface area contributed by atoms with Gasteiger partial charge in [0.2, 0.25) is 11.8 Å². The zero-order valence-electron chi connectivity index (χ0n) is 17.8. The van der Waals surface area contributed by atoms with Crippen LogP contribution in [-0.2, 0) is 16.0 Å². The van der Waals surface area contributed by atoms with Crippen LogP contribution in [0.1, 0.15) is 12.0 Å². The van der Waals surface area contributed by atoms with Gasteiger partial charge in [-0.2, -0.15) is 0 Å². The Morgan fingerprint density at radius 1 is 1.06 bits per heavy atom. The summed E-state index contributed by atoms with van der Waals surface area (Å²) in [6, 6.07) is 21.5. The summed E-state index contributed by atoms with van der Waals surface area (Å²) in [5, 5.41) is 4.88. The Balaban J connectivity index is 1.31. The molecule has 1 saturated heterocycles. The molecule has 0 aliphatic carbocycles. The molecule has 0 spiro atoms. The average Bonchev–Trinajstić information content (AvgIpc) is 3.37. The van der Waals surface area contributed by atoms with Crippen molar-refractivity contribution < 1.29 is 18.7 Å². The van der Waals surface area contributed by atoms with Crippen molar-refractivity contribution in [2.75, 3.05) is 25.5 Å². The average molecular weight is 428 g/mol. The second-order valence-corrected chi connectivity index (χ2v) is 8.11. The summed E-state index contributed by atoms with van der Waals surface area (Å²) in [7, 11) is 1.57. The van der Waals surface area contributed by atoms with Gasteiger partial charge in [-0.15, -0.1) is 0 Å². The van der Waals surface area contributed by atoms with Crippen molar-refractivity contribution in [3.8, 4) is 5.75 Å². The largest absolute Gasteiger partial charge is 0.495 e. The minimum atomic E-state index is -0.394. The lowest BCUT2D eigenvalue weighted by atomic mass is 10.1. The van der Waals surface area contributed by atoms with Crippen LogP contribution in [0.5, 0.6) is 5.75 Å². The predicted molar refractivity (Wildman–Crippen MR) is 124 cm³/mol. The number of hydrogen-bond donors (Lipinski definition) is 1. The Hall–Kier alpha value is -3.80. The molecule has 6 heteroatoms. The second-order valence-electron chi connectivity index (χ2n) is 8.11. The molecule has 1 aliphatic heterocycles. The molecular formula is C26H24N2O4. The van der Waals surface area contributed by atoms with Gasteiger partial charge in [-0.05, 0) is 24.1 Å². The lowest BCUT2D eigenvalue weighted by molar-refractivity contribution is -0.128. The molecule has 1 N–H and O–H groups in total. The number of fused-ring (bicyclic) bond motifs is 3. The number of ether oxygens (including phenoxy) is 1. The van der Waals surface area contributed by atoms with Crippen LogP contribution in [0.25, 0.3) is 21.9 Å². The highest BCUT2D eigenvalue weighted by atomic mass is 16.5. The first-order valence-corrected chi connectivity index (χ1v) is 10.7. The topological polar surface area (TPSA) is 71.8 Å². The number of para-hydroxylation sites is 1. The highest BCUT2D eigenvalue weighted by Crippen LogP contribution is 2.36. The zero-order valence-corrected chi connectivity index (χ0v) is 17.8. The summed E-state index contributed by atoms with van der Waals surface area (Å²) < 4.78 is 11.5. The molecule has 1 aliphatic rings. The van der Waals surface area contributed by atoms with Crippen LogP contribution in [0.3, 0.4) is 0 Å². The number of rotatable bonds is 6. The fourth-order valence-electron chi connectivity index (χ4n) is 4.33. The smallest absolute Gasteiger partial charge is 0.229 e. The fourth-order valence-corrected chi connectivity index (χ4v) is 4.33. The fraction of sp³-hybridized carbons (Fsp3) is 0.231. The van der Waals surface area contributed by atoms with Crippen molar-refractivity contribution in [2.24, 2.45) is 5.92 Å². The Kier molecular flexibility index (Phi) is 5.27. The van der Waals surface area contributed by atoms with Gasteiger partial charge in [-0.25, -0.2) is 0 Å². The number of benzene rings is 3. The second kappa shape index (κ2) is 8.38. The molecule has 32 heavy (non-hydrogen) atoms. The van der Waals surface area contributed by atoms with Crippen LogP contribution in [0, 0.1) is 5.92 Å². The van der Waals surface area contributed by atoms with Crippen molar-refractivity contribution in [1.29, 1.82) is 0 Å². The Bertz CT molecular complexity index is 1300. The summed E-state index contributed by atoms with van der Waals surface area (Å²) in [6.45, 7) is 1.04. The summed E-state index contributed by atoms with van der Waals surface area (Å²) in [6.07, 6.45) is 0.993. The number of hydrogen-bond acceptors (Lipinski definition) is 4. The molecule has 0 radical (unpaired) electrons. The first-order valence-electron chi connectivity index (χ1n) is 10.7. The van der Waals surface area contributed by atoms with E-state index in [2.05, 4.69) is 5.32 Å². The summed E-state index contributed by atoms with van der Waals surface area (Å²) in [5.41, 5.74) is 3.18. The summed E-state index contributed by atoms with van der Waals surface area (Å²) in [5.74, 6) is -0.00730. The lowest BCUT2D eigenvalue weighted by Crippen LogP contribution is -2.30. The van der Waals surface area contributed by atoms with Gasteiger partial charge in [0.15, 0.2) is 0 Å². The molecule has 1 fully saturated rings. The molecule has 162 valence electrons. The highest BCUT2D eigenvalue weighted by Gasteiger charge is 2.34. The minimum absolute atomic E-state index is 0.0146. The third-order valence-electron chi connectivity index (χ3n) is 6.06. The van der Waals surface area contributed by atoms with Crippen LogP contribution in [0.4, 0.5) is 5.69 Å². The maximum atomic E-state index is 13.0. The van der Waals surface area contributed by atoms with Gasteiger partial charge in [0, 0.05) is 36.3 Å². The van der Waals surface area contributed by atoms with Crippen molar-refractivity contribution in [1.82, 2.24) is 4.90 Å². The van der Waals surface area contributed by atoms with E-state index in [1.165, 1.54) is 5.56 Å². The number of likely N-dealkylation sites (tertiary alicyclic amines) is 1. The summed E-state index contributed by atoms with van der Waals surface area (Å²) in [4.78, 5) is 27.2. The van der Waals surface area contributed by atoms with Crippen LogP contribution < -0.4 is 10.1 Å². The molecular weight excluding hydrogens is 404 g/mol. The number of nitrogens with zero attached hydrogens (tertiary/aromatic N) is 1. The van der Waals surface area contributed by atoms with Gasteiger partial charge in [0.05, 0.1) is 18.7 Å². The van der Waals surface area contributed by atoms with Gasteiger partial charge < -0.3 is 19.4 Å². The molecule has 3 aromatic carbocycles.